The first-order valence-electron chi connectivity index (χ1n) is 8.68. The monoisotopic (exact) mass is 428 g/mol. The zero-order valence-electron chi connectivity index (χ0n) is 15.5. The number of amides is 1. The normalized spacial score (nSPS) is 10.7. The summed E-state index contributed by atoms with van der Waals surface area (Å²) in [5.74, 6) is 0.534. The van der Waals surface area contributed by atoms with Crippen molar-refractivity contribution in [1.29, 1.82) is 0 Å². The van der Waals surface area contributed by atoms with Gasteiger partial charge in [-0.25, -0.2) is 4.68 Å². The molecule has 0 aliphatic rings. The van der Waals surface area contributed by atoms with E-state index in [2.05, 4.69) is 31.6 Å². The van der Waals surface area contributed by atoms with Crippen molar-refractivity contribution in [2.24, 2.45) is 0 Å². The van der Waals surface area contributed by atoms with Crippen LogP contribution in [0.2, 0.25) is 0 Å². The summed E-state index contributed by atoms with van der Waals surface area (Å²) in [5.41, 5.74) is 3.92. The molecule has 0 spiro atoms. The number of carbonyl (C=O) groups excluding carboxylic acids is 1. The number of halogens is 1. The summed E-state index contributed by atoms with van der Waals surface area (Å²) in [4.78, 5) is 12.5. The molecule has 1 N–H and O–H groups in total. The summed E-state index contributed by atoms with van der Waals surface area (Å²) in [7, 11) is 0. The molecule has 0 unspecified atom stereocenters. The fraction of sp³-hybridized carbons (Fsp3) is 0.250. The van der Waals surface area contributed by atoms with Crippen molar-refractivity contribution >= 4 is 21.8 Å². The van der Waals surface area contributed by atoms with Gasteiger partial charge in [0.2, 0.25) is 0 Å². The Kier molecular flexibility index (Phi) is 5.91. The molecule has 3 rings (SSSR count). The Morgan fingerprint density at radius 2 is 2.04 bits per heavy atom. The third-order valence-corrected chi connectivity index (χ3v) is 5.05. The molecule has 7 heteroatoms. The average Bonchev–Trinajstić information content (AvgIpc) is 3.04. The van der Waals surface area contributed by atoms with Gasteiger partial charge >= 0.3 is 0 Å². The van der Waals surface area contributed by atoms with Crippen LogP contribution in [0.5, 0.6) is 5.75 Å². The maximum Gasteiger partial charge on any atom is 0.274 e. The molecule has 6 nitrogen and oxygen atoms in total. The minimum Gasteiger partial charge on any atom is -0.494 e. The maximum absolute atomic E-state index is 12.5. The zero-order chi connectivity index (χ0) is 19.4. The summed E-state index contributed by atoms with van der Waals surface area (Å²) in [6.45, 7) is 6.77. The predicted octanol–water partition coefficient (Wildman–Crippen LogP) is 3.98. The van der Waals surface area contributed by atoms with Crippen molar-refractivity contribution in [1.82, 2.24) is 20.3 Å². The van der Waals surface area contributed by atoms with E-state index >= 15 is 0 Å². The molecule has 0 aliphatic heterocycles. The third-order valence-electron chi connectivity index (χ3n) is 4.16. The van der Waals surface area contributed by atoms with Crippen molar-refractivity contribution in [2.45, 2.75) is 27.3 Å². The highest BCUT2D eigenvalue weighted by Gasteiger charge is 2.17. The Bertz CT molecular complexity index is 968. The van der Waals surface area contributed by atoms with Gasteiger partial charge in [-0.1, -0.05) is 33.3 Å². The van der Waals surface area contributed by atoms with Crippen LogP contribution in [0.25, 0.3) is 5.69 Å². The summed E-state index contributed by atoms with van der Waals surface area (Å²) in [5, 5.41) is 11.1. The van der Waals surface area contributed by atoms with Gasteiger partial charge in [0, 0.05) is 11.0 Å². The SMILES string of the molecule is CCOc1cccc(CNC(=O)c2nnn(-c3ccc(Br)c(C)c3)c2C)c1. The van der Waals surface area contributed by atoms with E-state index in [-0.39, 0.29) is 5.91 Å². The van der Waals surface area contributed by atoms with Crippen LogP contribution in [0, 0.1) is 13.8 Å². The first-order valence-corrected chi connectivity index (χ1v) is 9.47. The van der Waals surface area contributed by atoms with Gasteiger partial charge in [-0.3, -0.25) is 4.79 Å². The highest BCUT2D eigenvalue weighted by atomic mass is 79.9. The molecule has 140 valence electrons. The fourth-order valence-corrected chi connectivity index (χ4v) is 2.97. The number of ether oxygens (including phenoxy) is 1. The Balaban J connectivity index is 1.73. The van der Waals surface area contributed by atoms with Crippen LogP contribution in [-0.2, 0) is 6.54 Å². The van der Waals surface area contributed by atoms with Crippen molar-refractivity contribution in [3.05, 3.63) is 69.5 Å². The van der Waals surface area contributed by atoms with Crippen LogP contribution in [-0.4, -0.2) is 27.5 Å². The number of hydrogen-bond donors (Lipinski definition) is 1. The highest BCUT2D eigenvalue weighted by Crippen LogP contribution is 2.20. The summed E-state index contributed by atoms with van der Waals surface area (Å²) >= 11 is 3.49. The first-order chi connectivity index (χ1) is 13.0. The molecule has 0 bridgehead atoms. The molecule has 0 saturated heterocycles. The number of nitrogens with zero attached hydrogens (tertiary/aromatic N) is 3. The van der Waals surface area contributed by atoms with Crippen molar-refractivity contribution in [3.8, 4) is 11.4 Å². The van der Waals surface area contributed by atoms with E-state index < -0.39 is 0 Å². The molecular formula is C20H21BrN4O2. The molecule has 2 aromatic carbocycles. The van der Waals surface area contributed by atoms with E-state index in [9.17, 15) is 4.79 Å². The van der Waals surface area contributed by atoms with E-state index in [1.165, 1.54) is 0 Å². The second kappa shape index (κ2) is 8.35. The number of rotatable bonds is 6. The molecule has 0 aliphatic carbocycles. The van der Waals surface area contributed by atoms with E-state index in [1.807, 2.05) is 63.2 Å². The number of nitrogens with one attached hydrogen (secondary N) is 1. The van der Waals surface area contributed by atoms with Crippen LogP contribution in [0.4, 0.5) is 0 Å². The van der Waals surface area contributed by atoms with E-state index in [0.29, 0.717) is 24.5 Å². The summed E-state index contributed by atoms with van der Waals surface area (Å²) in [6.07, 6.45) is 0. The number of hydrogen-bond acceptors (Lipinski definition) is 4. The molecule has 1 heterocycles. The lowest BCUT2D eigenvalue weighted by Crippen LogP contribution is -2.24. The van der Waals surface area contributed by atoms with Crippen LogP contribution in [0.15, 0.2) is 46.9 Å². The quantitative estimate of drug-likeness (QED) is 0.644. The van der Waals surface area contributed by atoms with Gasteiger partial charge in [-0.15, -0.1) is 5.10 Å². The number of aryl methyl sites for hydroxylation is 1. The summed E-state index contributed by atoms with van der Waals surface area (Å²) in [6, 6.07) is 13.5. The van der Waals surface area contributed by atoms with Crippen LogP contribution in [0.1, 0.15) is 34.2 Å². The first kappa shape index (κ1) is 19.1. The molecule has 1 aromatic heterocycles. The molecular weight excluding hydrogens is 408 g/mol. The average molecular weight is 429 g/mol. The van der Waals surface area contributed by atoms with Gasteiger partial charge in [0.15, 0.2) is 5.69 Å². The van der Waals surface area contributed by atoms with Crippen LogP contribution < -0.4 is 10.1 Å². The van der Waals surface area contributed by atoms with Gasteiger partial charge in [0.05, 0.1) is 18.0 Å². The van der Waals surface area contributed by atoms with E-state index in [0.717, 1.165) is 27.0 Å². The molecule has 3 aromatic rings. The molecule has 0 fully saturated rings. The standard InChI is InChI=1S/C20H21BrN4O2/c1-4-27-17-7-5-6-15(11-17)12-22-20(26)19-14(3)25(24-23-19)16-8-9-18(21)13(2)10-16/h5-11H,4,12H2,1-3H3,(H,22,26). The highest BCUT2D eigenvalue weighted by molar-refractivity contribution is 9.10. The zero-order valence-corrected chi connectivity index (χ0v) is 17.1. The minimum atomic E-state index is -0.255. The van der Waals surface area contributed by atoms with E-state index in [1.54, 1.807) is 4.68 Å². The number of aromatic nitrogens is 3. The Labute approximate surface area is 166 Å². The maximum atomic E-state index is 12.5. The molecule has 0 saturated carbocycles. The Morgan fingerprint density at radius 3 is 2.78 bits per heavy atom. The Hall–Kier alpha value is -2.67. The number of carbonyl (C=O) groups is 1. The van der Waals surface area contributed by atoms with E-state index in [4.69, 9.17) is 4.74 Å². The van der Waals surface area contributed by atoms with Crippen LogP contribution >= 0.6 is 15.9 Å². The second-order valence-electron chi connectivity index (χ2n) is 6.13. The lowest BCUT2D eigenvalue weighted by Gasteiger charge is -2.08. The van der Waals surface area contributed by atoms with Crippen molar-refractivity contribution < 1.29 is 9.53 Å². The lowest BCUT2D eigenvalue weighted by atomic mass is 10.2. The lowest BCUT2D eigenvalue weighted by molar-refractivity contribution is 0.0945. The smallest absolute Gasteiger partial charge is 0.274 e. The van der Waals surface area contributed by atoms with Crippen molar-refractivity contribution in [2.75, 3.05) is 6.61 Å². The van der Waals surface area contributed by atoms with Gasteiger partial charge in [-0.05, 0) is 62.2 Å². The van der Waals surface area contributed by atoms with Gasteiger partial charge in [0.1, 0.15) is 5.75 Å². The summed E-state index contributed by atoms with van der Waals surface area (Å²) < 4.78 is 8.18. The van der Waals surface area contributed by atoms with Crippen molar-refractivity contribution in [3.63, 3.8) is 0 Å². The predicted molar refractivity (Wildman–Crippen MR) is 107 cm³/mol. The topological polar surface area (TPSA) is 69.0 Å². The Morgan fingerprint density at radius 1 is 1.22 bits per heavy atom. The second-order valence-corrected chi connectivity index (χ2v) is 6.99. The largest absolute Gasteiger partial charge is 0.494 e. The fourth-order valence-electron chi connectivity index (χ4n) is 2.72. The number of benzene rings is 2. The van der Waals surface area contributed by atoms with Gasteiger partial charge in [-0.2, -0.15) is 0 Å². The van der Waals surface area contributed by atoms with Gasteiger partial charge < -0.3 is 10.1 Å². The molecule has 0 radical (unpaired) electrons. The molecule has 1 amide bonds. The van der Waals surface area contributed by atoms with Gasteiger partial charge in [0.25, 0.3) is 5.91 Å². The molecule has 0 atom stereocenters. The van der Waals surface area contributed by atoms with Crippen LogP contribution in [0.3, 0.4) is 0 Å². The minimum absolute atomic E-state index is 0.255. The molecule has 27 heavy (non-hydrogen) atoms. The third kappa shape index (κ3) is 4.36.